The van der Waals surface area contributed by atoms with Gasteiger partial charge < -0.3 is 4.74 Å². The minimum atomic E-state index is -0.683. The summed E-state index contributed by atoms with van der Waals surface area (Å²) in [6, 6.07) is 8.06. The number of ether oxygens (including phenoxy) is 1. The molecule has 114 valence electrons. The Labute approximate surface area is 126 Å². The number of hydrogen-bond donors (Lipinski definition) is 0. The molecule has 21 heavy (non-hydrogen) atoms. The summed E-state index contributed by atoms with van der Waals surface area (Å²) >= 11 is 0. The predicted octanol–water partition coefficient (Wildman–Crippen LogP) is 3.37. The van der Waals surface area contributed by atoms with Crippen LogP contribution in [0, 0.1) is 0 Å². The van der Waals surface area contributed by atoms with E-state index in [-0.39, 0.29) is 5.78 Å². The van der Waals surface area contributed by atoms with E-state index in [1.54, 1.807) is 7.11 Å². The number of methoxy groups -OCH3 is 1. The molecule has 0 spiro atoms. The third-order valence-corrected chi connectivity index (χ3v) is 4.40. The number of benzene rings is 1. The molecule has 2 aromatic rings. The van der Waals surface area contributed by atoms with Gasteiger partial charge in [-0.25, -0.2) is 0 Å². The quantitative estimate of drug-likeness (QED) is 0.784. The molecule has 0 aliphatic heterocycles. The Balaban J connectivity index is 2.38. The molecular weight excluding hydrogens is 264 g/mol. The number of ketones is 1. The van der Waals surface area contributed by atoms with Crippen molar-refractivity contribution >= 4 is 16.7 Å². The van der Waals surface area contributed by atoms with Gasteiger partial charge in [-0.15, -0.1) is 0 Å². The first-order valence-corrected chi connectivity index (χ1v) is 7.64. The van der Waals surface area contributed by atoms with Crippen LogP contribution in [0.5, 0.6) is 0 Å². The number of carbonyl (C=O) groups excluding carboxylic acids is 1. The molecule has 0 bridgehead atoms. The molecule has 4 heteroatoms. The highest BCUT2D eigenvalue weighted by Crippen LogP contribution is 2.25. The summed E-state index contributed by atoms with van der Waals surface area (Å²) in [5.41, 5.74) is 1.25. The van der Waals surface area contributed by atoms with Crippen molar-refractivity contribution in [3.63, 3.8) is 0 Å². The fourth-order valence-corrected chi connectivity index (χ4v) is 2.93. The van der Waals surface area contributed by atoms with Crippen LogP contribution in [0.25, 0.3) is 10.9 Å². The van der Waals surface area contributed by atoms with Gasteiger partial charge in [0, 0.05) is 19.0 Å². The molecule has 1 aromatic heterocycles. The summed E-state index contributed by atoms with van der Waals surface area (Å²) in [5.74, 6) is 0.113. The lowest BCUT2D eigenvalue weighted by Crippen LogP contribution is -2.40. The molecular formula is C17H24N2O2. The third kappa shape index (κ3) is 2.72. The molecule has 0 saturated heterocycles. The van der Waals surface area contributed by atoms with Crippen LogP contribution in [0.15, 0.2) is 24.3 Å². The van der Waals surface area contributed by atoms with E-state index in [1.807, 2.05) is 42.8 Å². The second-order valence-electron chi connectivity index (χ2n) is 5.29. The van der Waals surface area contributed by atoms with Crippen molar-refractivity contribution in [2.45, 2.75) is 52.2 Å². The highest BCUT2D eigenvalue weighted by atomic mass is 16.5. The molecule has 2 rings (SSSR count). The van der Waals surface area contributed by atoms with Gasteiger partial charge in [0.1, 0.15) is 5.60 Å². The van der Waals surface area contributed by atoms with E-state index in [0.29, 0.717) is 19.3 Å². The number of carbonyl (C=O) groups is 1. The van der Waals surface area contributed by atoms with Gasteiger partial charge in [-0.1, -0.05) is 32.0 Å². The number of Topliss-reactive ketones (excluding diaryl/α,β-unsaturated/α-hetero) is 1. The predicted molar refractivity (Wildman–Crippen MR) is 84.4 cm³/mol. The summed E-state index contributed by atoms with van der Waals surface area (Å²) in [5, 5.41) is 5.66. The summed E-state index contributed by atoms with van der Waals surface area (Å²) in [4.78, 5) is 12.7. The Morgan fingerprint density at radius 1 is 1.24 bits per heavy atom. The van der Waals surface area contributed by atoms with Crippen molar-refractivity contribution in [1.29, 1.82) is 0 Å². The van der Waals surface area contributed by atoms with Crippen LogP contribution in [0.2, 0.25) is 0 Å². The molecule has 4 nitrogen and oxygen atoms in total. The fourth-order valence-electron chi connectivity index (χ4n) is 2.93. The van der Waals surface area contributed by atoms with E-state index in [0.717, 1.165) is 23.1 Å². The Hall–Kier alpha value is -1.68. The highest BCUT2D eigenvalue weighted by Gasteiger charge is 2.35. The summed E-state index contributed by atoms with van der Waals surface area (Å²) < 4.78 is 7.48. The normalized spacial score (nSPS) is 12.0. The van der Waals surface area contributed by atoms with E-state index >= 15 is 0 Å². The highest BCUT2D eigenvalue weighted by molar-refractivity contribution is 5.93. The van der Waals surface area contributed by atoms with Crippen molar-refractivity contribution in [3.05, 3.63) is 30.0 Å². The van der Waals surface area contributed by atoms with Gasteiger partial charge in [0.15, 0.2) is 5.78 Å². The number of nitrogens with zero attached hydrogens (tertiary/aromatic N) is 2. The average molecular weight is 288 g/mol. The van der Waals surface area contributed by atoms with Gasteiger partial charge in [-0.3, -0.25) is 9.48 Å². The molecule has 1 aromatic carbocycles. The zero-order valence-corrected chi connectivity index (χ0v) is 13.3. The summed E-state index contributed by atoms with van der Waals surface area (Å²) in [7, 11) is 1.62. The molecule has 1 heterocycles. The van der Waals surface area contributed by atoms with Gasteiger partial charge in [0.2, 0.25) is 0 Å². The van der Waals surface area contributed by atoms with E-state index in [9.17, 15) is 4.79 Å². The Morgan fingerprint density at radius 3 is 2.48 bits per heavy atom. The monoisotopic (exact) mass is 288 g/mol. The molecule has 0 radical (unpaired) electrons. The third-order valence-electron chi connectivity index (χ3n) is 4.40. The lowest BCUT2D eigenvalue weighted by Gasteiger charge is -2.28. The molecule has 0 atom stereocenters. The number of para-hydroxylation sites is 1. The zero-order chi connectivity index (χ0) is 15.5. The maximum atomic E-state index is 12.7. The smallest absolute Gasteiger partial charge is 0.170 e. The number of aromatic nitrogens is 2. The maximum Gasteiger partial charge on any atom is 0.170 e. The lowest BCUT2D eigenvalue weighted by atomic mass is 9.89. The van der Waals surface area contributed by atoms with Crippen molar-refractivity contribution < 1.29 is 9.53 Å². The second kappa shape index (κ2) is 6.39. The first-order valence-electron chi connectivity index (χ1n) is 7.64. The molecule has 0 aliphatic rings. The van der Waals surface area contributed by atoms with Crippen LogP contribution in [0.4, 0.5) is 0 Å². The molecule has 0 amide bonds. The molecule has 0 N–H and O–H groups in total. The molecule has 0 saturated carbocycles. The fraction of sp³-hybridized carbons (Fsp3) is 0.529. The Bertz CT molecular complexity index is 618. The largest absolute Gasteiger partial charge is 0.370 e. The van der Waals surface area contributed by atoms with Crippen LogP contribution < -0.4 is 0 Å². The van der Waals surface area contributed by atoms with Crippen LogP contribution >= 0.6 is 0 Å². The first kappa shape index (κ1) is 15.7. The number of rotatable bonds is 7. The van der Waals surface area contributed by atoms with Crippen molar-refractivity contribution in [3.8, 4) is 0 Å². The van der Waals surface area contributed by atoms with Crippen LogP contribution in [0.1, 0.15) is 39.3 Å². The van der Waals surface area contributed by atoms with E-state index in [4.69, 9.17) is 4.74 Å². The Kier molecular flexibility index (Phi) is 4.78. The summed E-state index contributed by atoms with van der Waals surface area (Å²) in [6.45, 7) is 6.84. The first-order chi connectivity index (χ1) is 10.1. The maximum absolute atomic E-state index is 12.7. The van der Waals surface area contributed by atoms with Crippen molar-refractivity contribution in [1.82, 2.24) is 9.78 Å². The number of hydrogen-bond acceptors (Lipinski definition) is 3. The summed E-state index contributed by atoms with van der Waals surface area (Å²) in [6.07, 6.45) is 1.69. The van der Waals surface area contributed by atoms with E-state index < -0.39 is 5.60 Å². The SMILES string of the molecule is CCn1nc(CC(=O)C(CC)(CC)OC)c2ccccc21. The molecule has 0 aliphatic carbocycles. The van der Waals surface area contributed by atoms with Crippen molar-refractivity contribution in [2.75, 3.05) is 7.11 Å². The van der Waals surface area contributed by atoms with Crippen LogP contribution in [-0.2, 0) is 22.5 Å². The minimum Gasteiger partial charge on any atom is -0.370 e. The standard InChI is InChI=1S/C17H24N2O2/c1-5-17(6-2,21-4)16(20)12-14-13-10-8-9-11-15(13)19(7-3)18-14/h8-11H,5-7,12H2,1-4H3. The van der Waals surface area contributed by atoms with Gasteiger partial charge in [-0.2, -0.15) is 5.10 Å². The van der Waals surface area contributed by atoms with Crippen molar-refractivity contribution in [2.24, 2.45) is 0 Å². The van der Waals surface area contributed by atoms with Gasteiger partial charge in [0.05, 0.1) is 17.6 Å². The van der Waals surface area contributed by atoms with Crippen LogP contribution in [0.3, 0.4) is 0 Å². The number of aryl methyl sites for hydroxylation is 1. The van der Waals surface area contributed by atoms with E-state index in [1.165, 1.54) is 0 Å². The van der Waals surface area contributed by atoms with Gasteiger partial charge >= 0.3 is 0 Å². The molecule has 0 fully saturated rings. The second-order valence-corrected chi connectivity index (χ2v) is 5.29. The van der Waals surface area contributed by atoms with Crippen LogP contribution in [-0.4, -0.2) is 28.3 Å². The number of fused-ring (bicyclic) bond motifs is 1. The lowest BCUT2D eigenvalue weighted by molar-refractivity contribution is -0.141. The molecule has 0 unspecified atom stereocenters. The van der Waals surface area contributed by atoms with Gasteiger partial charge in [-0.05, 0) is 25.8 Å². The zero-order valence-electron chi connectivity index (χ0n) is 13.3. The average Bonchev–Trinajstić information content (AvgIpc) is 2.88. The van der Waals surface area contributed by atoms with Gasteiger partial charge in [0.25, 0.3) is 0 Å². The Morgan fingerprint density at radius 2 is 1.90 bits per heavy atom. The van der Waals surface area contributed by atoms with E-state index in [2.05, 4.69) is 12.0 Å². The minimum absolute atomic E-state index is 0.113. The topological polar surface area (TPSA) is 44.1 Å².